The largest absolute Gasteiger partial charge is 0.459 e. The van der Waals surface area contributed by atoms with Gasteiger partial charge in [0.15, 0.2) is 0 Å². The molecule has 2 rings (SSSR count). The third kappa shape index (κ3) is 2.89. The van der Waals surface area contributed by atoms with Gasteiger partial charge >= 0.3 is 5.97 Å². The highest BCUT2D eigenvalue weighted by atomic mass is 16.5. The number of hydrogen-bond donors (Lipinski definition) is 0. The number of unbranched alkanes of at least 4 members (excludes halogenated alkanes) is 1. The van der Waals surface area contributed by atoms with Gasteiger partial charge in [0.25, 0.3) is 0 Å². The van der Waals surface area contributed by atoms with Gasteiger partial charge in [0.1, 0.15) is 6.10 Å². The van der Waals surface area contributed by atoms with Crippen molar-refractivity contribution < 1.29 is 14.3 Å². The van der Waals surface area contributed by atoms with E-state index in [1.807, 2.05) is 0 Å². The highest BCUT2D eigenvalue weighted by molar-refractivity contribution is 5.81. The molecule has 17 heavy (non-hydrogen) atoms. The lowest BCUT2D eigenvalue weighted by Gasteiger charge is -2.27. The molecule has 0 radical (unpaired) electrons. The van der Waals surface area contributed by atoms with Gasteiger partial charge in [-0.1, -0.05) is 19.9 Å². The molecule has 0 spiro atoms. The number of carbonyl (C=O) groups excluding carboxylic acids is 1. The molecule has 4 unspecified atom stereocenters. The summed E-state index contributed by atoms with van der Waals surface area (Å²) in [6, 6.07) is 0. The van der Waals surface area contributed by atoms with Crippen molar-refractivity contribution in [2.45, 2.75) is 51.2 Å². The van der Waals surface area contributed by atoms with E-state index in [1.54, 1.807) is 0 Å². The topological polar surface area (TPSA) is 35.5 Å². The van der Waals surface area contributed by atoms with Gasteiger partial charge in [0.2, 0.25) is 0 Å². The van der Waals surface area contributed by atoms with Gasteiger partial charge in [0.05, 0.1) is 6.10 Å². The van der Waals surface area contributed by atoms with Gasteiger partial charge in [0, 0.05) is 12.7 Å². The summed E-state index contributed by atoms with van der Waals surface area (Å²) in [6.45, 7) is 6.48. The molecule has 2 fully saturated rings. The minimum Gasteiger partial charge on any atom is -0.459 e. The average Bonchev–Trinajstić information content (AvgIpc) is 2.88. The fourth-order valence-electron chi connectivity index (χ4n) is 3.09. The van der Waals surface area contributed by atoms with E-state index in [4.69, 9.17) is 9.47 Å². The Morgan fingerprint density at radius 2 is 2.00 bits per heavy atom. The van der Waals surface area contributed by atoms with Crippen LogP contribution in [0.5, 0.6) is 0 Å². The van der Waals surface area contributed by atoms with Crippen molar-refractivity contribution in [1.82, 2.24) is 0 Å². The molecule has 0 aromatic heterocycles. The fourth-order valence-corrected chi connectivity index (χ4v) is 3.09. The highest BCUT2D eigenvalue weighted by Gasteiger charge is 2.47. The van der Waals surface area contributed by atoms with E-state index in [-0.39, 0.29) is 12.1 Å². The molecule has 2 aliphatic rings. The van der Waals surface area contributed by atoms with Crippen molar-refractivity contribution in [1.29, 1.82) is 0 Å². The number of rotatable bonds is 6. The lowest BCUT2D eigenvalue weighted by Crippen LogP contribution is -2.30. The minimum atomic E-state index is -0.286. The number of carbonyl (C=O) groups is 1. The Morgan fingerprint density at radius 3 is 2.59 bits per heavy atom. The van der Waals surface area contributed by atoms with Gasteiger partial charge in [-0.05, 0) is 37.5 Å². The molecule has 0 saturated heterocycles. The lowest BCUT2D eigenvalue weighted by molar-refractivity contribution is -0.146. The normalized spacial score (nSPS) is 34.9. The van der Waals surface area contributed by atoms with Crippen molar-refractivity contribution in [3.63, 3.8) is 0 Å². The zero-order valence-electron chi connectivity index (χ0n) is 10.6. The second-order valence-corrected chi connectivity index (χ2v) is 5.17. The highest BCUT2D eigenvalue weighted by Crippen LogP contribution is 2.47. The summed E-state index contributed by atoms with van der Waals surface area (Å²) in [4.78, 5) is 11.2. The molecule has 4 atom stereocenters. The molecule has 3 heteroatoms. The second-order valence-electron chi connectivity index (χ2n) is 5.17. The number of ether oxygens (including phenoxy) is 2. The molecule has 2 saturated carbocycles. The molecule has 0 aromatic carbocycles. The Kier molecular flexibility index (Phi) is 4.21. The van der Waals surface area contributed by atoms with E-state index in [9.17, 15) is 4.79 Å². The molecule has 3 nitrogen and oxygen atoms in total. The van der Waals surface area contributed by atoms with Crippen LogP contribution in [0.1, 0.15) is 39.0 Å². The molecule has 0 aliphatic heterocycles. The van der Waals surface area contributed by atoms with Gasteiger partial charge < -0.3 is 9.47 Å². The van der Waals surface area contributed by atoms with Crippen LogP contribution in [0.2, 0.25) is 0 Å². The van der Waals surface area contributed by atoms with Crippen LogP contribution >= 0.6 is 0 Å². The third-order valence-electron chi connectivity index (χ3n) is 3.99. The van der Waals surface area contributed by atoms with E-state index in [0.717, 1.165) is 32.3 Å². The Bertz CT molecular complexity index is 287. The maximum absolute atomic E-state index is 11.2. The van der Waals surface area contributed by atoms with Gasteiger partial charge in [-0.3, -0.25) is 0 Å². The number of esters is 1. The van der Waals surface area contributed by atoms with Crippen LogP contribution in [-0.4, -0.2) is 24.8 Å². The molecule has 96 valence electrons. The van der Waals surface area contributed by atoms with Crippen molar-refractivity contribution in [2.75, 3.05) is 6.61 Å². The quantitative estimate of drug-likeness (QED) is 0.405. The maximum Gasteiger partial charge on any atom is 0.330 e. The summed E-state index contributed by atoms with van der Waals surface area (Å²) < 4.78 is 11.3. The van der Waals surface area contributed by atoms with Crippen LogP contribution in [-0.2, 0) is 14.3 Å². The first-order valence-electron chi connectivity index (χ1n) is 6.69. The minimum absolute atomic E-state index is 0.108. The molecule has 0 heterocycles. The molecule has 2 aliphatic carbocycles. The first-order chi connectivity index (χ1) is 8.24. The molecule has 0 amide bonds. The monoisotopic (exact) mass is 238 g/mol. The van der Waals surface area contributed by atoms with Crippen molar-refractivity contribution in [3.8, 4) is 0 Å². The SMILES string of the molecule is C=CC(=O)OC1CC2CC1CC2OCCCC. The van der Waals surface area contributed by atoms with Crippen LogP contribution < -0.4 is 0 Å². The molecule has 2 bridgehead atoms. The number of hydrogen-bond acceptors (Lipinski definition) is 3. The summed E-state index contributed by atoms with van der Waals surface area (Å²) in [5.74, 6) is 0.820. The summed E-state index contributed by atoms with van der Waals surface area (Å²) in [7, 11) is 0. The van der Waals surface area contributed by atoms with Crippen molar-refractivity contribution in [2.24, 2.45) is 11.8 Å². The van der Waals surface area contributed by atoms with Gasteiger partial charge in [-0.15, -0.1) is 0 Å². The average molecular weight is 238 g/mol. The van der Waals surface area contributed by atoms with Crippen LogP contribution in [0.15, 0.2) is 12.7 Å². The van der Waals surface area contributed by atoms with Crippen LogP contribution in [0.3, 0.4) is 0 Å². The first-order valence-corrected chi connectivity index (χ1v) is 6.69. The van der Waals surface area contributed by atoms with E-state index < -0.39 is 0 Å². The summed E-state index contributed by atoms with van der Waals surface area (Å²) in [5, 5.41) is 0. The van der Waals surface area contributed by atoms with Crippen molar-refractivity contribution in [3.05, 3.63) is 12.7 Å². The third-order valence-corrected chi connectivity index (χ3v) is 3.99. The number of fused-ring (bicyclic) bond motifs is 2. The van der Waals surface area contributed by atoms with E-state index in [0.29, 0.717) is 17.9 Å². The maximum atomic E-state index is 11.2. The predicted molar refractivity (Wildman–Crippen MR) is 65.6 cm³/mol. The molecular weight excluding hydrogens is 216 g/mol. The van der Waals surface area contributed by atoms with E-state index in [1.165, 1.54) is 12.5 Å². The second kappa shape index (κ2) is 5.67. The zero-order valence-corrected chi connectivity index (χ0v) is 10.6. The van der Waals surface area contributed by atoms with E-state index in [2.05, 4.69) is 13.5 Å². The van der Waals surface area contributed by atoms with Crippen LogP contribution in [0.4, 0.5) is 0 Å². The predicted octanol–water partition coefficient (Wildman–Crippen LogP) is 2.70. The smallest absolute Gasteiger partial charge is 0.330 e. The molecular formula is C14H22O3. The molecule has 0 aromatic rings. The van der Waals surface area contributed by atoms with Gasteiger partial charge in [-0.25, -0.2) is 4.79 Å². The summed E-state index contributed by atoms with van der Waals surface area (Å²) in [5.41, 5.74) is 0. The van der Waals surface area contributed by atoms with Crippen LogP contribution in [0.25, 0.3) is 0 Å². The molecule has 0 N–H and O–H groups in total. The summed E-state index contributed by atoms with van der Waals surface area (Å²) in [6.07, 6.45) is 7.28. The van der Waals surface area contributed by atoms with Crippen molar-refractivity contribution >= 4 is 5.97 Å². The lowest BCUT2D eigenvalue weighted by atomic mass is 9.95. The summed E-state index contributed by atoms with van der Waals surface area (Å²) >= 11 is 0. The zero-order chi connectivity index (χ0) is 12.3. The Morgan fingerprint density at radius 1 is 1.29 bits per heavy atom. The Hall–Kier alpha value is -0.830. The van der Waals surface area contributed by atoms with Gasteiger partial charge in [-0.2, -0.15) is 0 Å². The first kappa shape index (κ1) is 12.6. The Balaban J connectivity index is 1.75. The fraction of sp³-hybridized carbons (Fsp3) is 0.786. The van der Waals surface area contributed by atoms with Crippen LogP contribution in [0, 0.1) is 11.8 Å². The van der Waals surface area contributed by atoms with E-state index >= 15 is 0 Å². The standard InChI is InChI=1S/C14H22O3/c1-3-5-6-16-12-8-11-7-10(12)9-13(11)17-14(15)4-2/h4,10-13H,2-3,5-9H2,1H3. The Labute approximate surface area is 103 Å².